The lowest BCUT2D eigenvalue weighted by Crippen LogP contribution is -2.52. The van der Waals surface area contributed by atoms with Gasteiger partial charge in [0.2, 0.25) is 15.9 Å². The van der Waals surface area contributed by atoms with E-state index in [9.17, 15) is 23.1 Å². The molecule has 3 fully saturated rings. The van der Waals surface area contributed by atoms with E-state index < -0.39 is 34.3 Å². The van der Waals surface area contributed by atoms with Gasteiger partial charge in [0.1, 0.15) is 11.9 Å². The average molecular weight is 602 g/mol. The molecule has 1 saturated carbocycles. The fraction of sp³-hybridized carbons (Fsp3) is 0.533. The number of aliphatic hydroxyl groups is 1. The maximum absolute atomic E-state index is 13.8. The first-order chi connectivity index (χ1) is 20.2. The minimum Gasteiger partial charge on any atom is -0.497 e. The fourth-order valence-corrected chi connectivity index (χ4v) is 7.62. The molecule has 3 aliphatic rings. The Morgan fingerprint density at radius 3 is 2.57 bits per heavy atom. The van der Waals surface area contributed by atoms with Crippen LogP contribution in [0.15, 0.2) is 59.5 Å². The highest BCUT2D eigenvalue weighted by atomic mass is 32.2. The lowest BCUT2D eigenvalue weighted by molar-refractivity contribution is -0.119. The number of rotatable bonds is 12. The molecule has 0 spiro atoms. The van der Waals surface area contributed by atoms with Crippen LogP contribution in [0, 0.1) is 5.92 Å². The Kier molecular flexibility index (Phi) is 9.67. The first-order valence-electron chi connectivity index (χ1n) is 14.5. The van der Waals surface area contributed by atoms with Crippen molar-refractivity contribution in [3.8, 4) is 5.75 Å². The zero-order chi connectivity index (χ0) is 29.7. The van der Waals surface area contributed by atoms with Crippen molar-refractivity contribution in [3.63, 3.8) is 0 Å². The Bertz CT molecular complexity index is 1320. The van der Waals surface area contributed by atoms with E-state index in [0.717, 1.165) is 24.8 Å². The van der Waals surface area contributed by atoms with Crippen LogP contribution in [0.4, 0.5) is 4.79 Å². The van der Waals surface area contributed by atoms with Crippen LogP contribution >= 0.6 is 0 Å². The minimum absolute atomic E-state index is 0.0230. The van der Waals surface area contributed by atoms with E-state index in [1.807, 2.05) is 30.3 Å². The molecule has 5 rings (SSSR count). The molecule has 2 saturated heterocycles. The summed E-state index contributed by atoms with van der Waals surface area (Å²) in [6.45, 7) is 0.331. The molecule has 2 aromatic rings. The third-order valence-electron chi connectivity index (χ3n) is 8.40. The first-order valence-corrected chi connectivity index (χ1v) is 15.9. The highest BCUT2D eigenvalue weighted by Crippen LogP contribution is 2.37. The van der Waals surface area contributed by atoms with Crippen molar-refractivity contribution in [1.29, 1.82) is 0 Å². The summed E-state index contributed by atoms with van der Waals surface area (Å²) in [6, 6.07) is 14.1. The fourth-order valence-electron chi connectivity index (χ4n) is 6.11. The number of benzene rings is 2. The van der Waals surface area contributed by atoms with E-state index in [0.29, 0.717) is 25.2 Å². The summed E-state index contributed by atoms with van der Waals surface area (Å²) in [5, 5.41) is 17.2. The average Bonchev–Trinajstić information content (AvgIpc) is 3.72. The third-order valence-corrected chi connectivity index (χ3v) is 10.2. The molecular formula is C30H39N3O8S. The van der Waals surface area contributed by atoms with Gasteiger partial charge >= 0.3 is 6.09 Å². The largest absolute Gasteiger partial charge is 0.497 e. The van der Waals surface area contributed by atoms with Gasteiger partial charge in [-0.25, -0.2) is 13.2 Å². The molecule has 42 heavy (non-hydrogen) atoms. The summed E-state index contributed by atoms with van der Waals surface area (Å²) in [5.41, 5.74) is 0.861. The molecule has 6 atom stereocenters. The molecule has 1 unspecified atom stereocenters. The quantitative estimate of drug-likeness (QED) is 0.336. The zero-order valence-electron chi connectivity index (χ0n) is 23.7. The number of hydrogen-bond acceptors (Lipinski definition) is 8. The Hall–Kier alpha value is -3.19. The number of fused-ring (bicyclic) bond motifs is 1. The molecule has 2 amide bonds. The van der Waals surface area contributed by atoms with Gasteiger partial charge in [0.25, 0.3) is 0 Å². The summed E-state index contributed by atoms with van der Waals surface area (Å²) >= 11 is 0. The zero-order valence-corrected chi connectivity index (χ0v) is 24.5. The smallest absolute Gasteiger partial charge is 0.407 e. The molecule has 2 aliphatic heterocycles. The molecular weight excluding hydrogens is 562 g/mol. The van der Waals surface area contributed by atoms with Gasteiger partial charge in [0, 0.05) is 38.1 Å². The molecule has 1 aliphatic carbocycles. The van der Waals surface area contributed by atoms with E-state index in [4.69, 9.17) is 14.2 Å². The number of amides is 2. The predicted molar refractivity (Wildman–Crippen MR) is 153 cm³/mol. The number of carbonyl (C=O) groups excluding carboxylic acids is 2. The topological polar surface area (TPSA) is 144 Å². The van der Waals surface area contributed by atoms with Gasteiger partial charge in [-0.1, -0.05) is 30.3 Å². The third kappa shape index (κ3) is 7.23. The normalized spacial score (nSPS) is 25.1. The predicted octanol–water partition coefficient (Wildman–Crippen LogP) is 2.23. The second kappa shape index (κ2) is 13.4. The summed E-state index contributed by atoms with van der Waals surface area (Å²) in [6.07, 6.45) is 1.36. The van der Waals surface area contributed by atoms with Crippen molar-refractivity contribution in [2.75, 3.05) is 26.8 Å². The van der Waals surface area contributed by atoms with Crippen LogP contribution in [0.5, 0.6) is 5.75 Å². The van der Waals surface area contributed by atoms with Gasteiger partial charge in [0.05, 0.1) is 30.3 Å². The number of nitrogens with zero attached hydrogens (tertiary/aromatic N) is 1. The van der Waals surface area contributed by atoms with E-state index in [1.165, 1.54) is 23.5 Å². The van der Waals surface area contributed by atoms with Gasteiger partial charge < -0.3 is 30.0 Å². The number of nitrogens with one attached hydrogen (secondary N) is 2. The summed E-state index contributed by atoms with van der Waals surface area (Å²) in [5.74, 6) is 0.530. The highest BCUT2D eigenvalue weighted by Gasteiger charge is 2.43. The van der Waals surface area contributed by atoms with Crippen molar-refractivity contribution in [2.24, 2.45) is 5.92 Å². The number of aliphatic hydroxyl groups excluding tert-OH is 1. The molecule has 11 nitrogen and oxygen atoms in total. The van der Waals surface area contributed by atoms with Gasteiger partial charge in [-0.05, 0) is 61.9 Å². The van der Waals surface area contributed by atoms with Crippen molar-refractivity contribution in [2.45, 2.75) is 73.8 Å². The lowest BCUT2D eigenvalue weighted by Gasteiger charge is -2.31. The van der Waals surface area contributed by atoms with Crippen molar-refractivity contribution < 1.29 is 37.3 Å². The standard InChI is InChI=1S/C30H39N3O8S/c1-39-22-8-10-23(11-9-22)42(37,38)33(18-21-7-14-29(35)31-21)19-26(34)25(17-20-5-3-2-4-6-20)32-30(36)41-28-13-12-27-24(28)15-16-40-27/h2-6,8-11,21,24-28,34H,7,12-19H2,1H3,(H,31,35)(H,32,36)/t21-,24-,25+,26-,27-,28?/m1/s1. The van der Waals surface area contributed by atoms with E-state index in [1.54, 1.807) is 12.1 Å². The number of methoxy groups -OCH3 is 1. The molecule has 2 aromatic carbocycles. The molecule has 0 radical (unpaired) electrons. The van der Waals surface area contributed by atoms with E-state index >= 15 is 0 Å². The molecule has 2 heterocycles. The Morgan fingerprint density at radius 1 is 1.12 bits per heavy atom. The number of alkyl carbamates (subject to hydrolysis) is 1. The number of sulfonamides is 1. The highest BCUT2D eigenvalue weighted by molar-refractivity contribution is 7.89. The lowest BCUT2D eigenvalue weighted by atomic mass is 10.0. The Balaban J connectivity index is 1.34. The summed E-state index contributed by atoms with van der Waals surface area (Å²) < 4.78 is 45.5. The van der Waals surface area contributed by atoms with Crippen LogP contribution in [-0.2, 0) is 30.7 Å². The summed E-state index contributed by atoms with van der Waals surface area (Å²) in [4.78, 5) is 25.0. The first kappa shape index (κ1) is 30.3. The van der Waals surface area contributed by atoms with E-state index in [-0.39, 0.29) is 48.4 Å². The maximum Gasteiger partial charge on any atom is 0.407 e. The van der Waals surface area contributed by atoms with Crippen LogP contribution in [-0.4, -0.2) is 87.0 Å². The summed E-state index contributed by atoms with van der Waals surface area (Å²) in [7, 11) is -2.59. The van der Waals surface area contributed by atoms with Crippen LogP contribution in [0.3, 0.4) is 0 Å². The molecule has 12 heteroatoms. The van der Waals surface area contributed by atoms with Gasteiger partial charge in [-0.3, -0.25) is 4.79 Å². The monoisotopic (exact) mass is 601 g/mol. The van der Waals surface area contributed by atoms with Crippen LogP contribution in [0.25, 0.3) is 0 Å². The molecule has 0 aromatic heterocycles. The molecule has 228 valence electrons. The van der Waals surface area contributed by atoms with Crippen molar-refractivity contribution in [1.82, 2.24) is 14.9 Å². The van der Waals surface area contributed by atoms with Crippen molar-refractivity contribution in [3.05, 3.63) is 60.2 Å². The molecule has 3 N–H and O–H groups in total. The van der Waals surface area contributed by atoms with Gasteiger partial charge in [-0.15, -0.1) is 0 Å². The van der Waals surface area contributed by atoms with Gasteiger partial charge in [-0.2, -0.15) is 4.31 Å². The number of hydrogen-bond donors (Lipinski definition) is 3. The SMILES string of the molecule is COc1ccc(S(=O)(=O)N(C[C@H]2CCC(=O)N2)C[C@@H](O)[C@H](Cc2ccccc2)NC(=O)OC2CC[C@H]3OCC[C@@H]23)cc1. The Labute approximate surface area is 246 Å². The van der Waals surface area contributed by atoms with Gasteiger partial charge in [0.15, 0.2) is 0 Å². The minimum atomic E-state index is -4.08. The van der Waals surface area contributed by atoms with E-state index in [2.05, 4.69) is 10.6 Å². The second-order valence-corrected chi connectivity index (χ2v) is 13.1. The number of ether oxygens (including phenoxy) is 3. The number of carbonyl (C=O) groups is 2. The van der Waals surface area contributed by atoms with Crippen molar-refractivity contribution >= 4 is 22.0 Å². The second-order valence-electron chi connectivity index (χ2n) is 11.2. The van der Waals surface area contributed by atoms with Crippen LogP contribution in [0.1, 0.15) is 37.7 Å². The van der Waals surface area contributed by atoms with Crippen LogP contribution in [0.2, 0.25) is 0 Å². The van der Waals surface area contributed by atoms with Crippen LogP contribution < -0.4 is 15.4 Å². The molecule has 0 bridgehead atoms. The maximum atomic E-state index is 13.8. The Morgan fingerprint density at radius 2 is 1.88 bits per heavy atom.